The lowest BCUT2D eigenvalue weighted by atomic mass is 10.1. The van der Waals surface area contributed by atoms with E-state index in [4.69, 9.17) is 9.47 Å². The van der Waals surface area contributed by atoms with Gasteiger partial charge < -0.3 is 19.5 Å². The molecule has 3 rings (SSSR count). The molecule has 0 aliphatic rings. The van der Waals surface area contributed by atoms with Crippen molar-refractivity contribution >= 4 is 28.5 Å². The fraction of sp³-hybridized carbons (Fsp3) is 0.190. The third kappa shape index (κ3) is 4.44. The number of rotatable bonds is 7. The van der Waals surface area contributed by atoms with Crippen LogP contribution in [0.4, 0.5) is 5.69 Å². The van der Waals surface area contributed by atoms with Crippen molar-refractivity contribution in [1.29, 1.82) is 0 Å². The molecule has 0 unspecified atom stereocenters. The Morgan fingerprint density at radius 2 is 1.82 bits per heavy atom. The largest absolute Gasteiger partial charge is 0.480 e. The summed E-state index contributed by atoms with van der Waals surface area (Å²) < 4.78 is 15.2. The van der Waals surface area contributed by atoms with Gasteiger partial charge >= 0.3 is 5.97 Å². The maximum Gasteiger partial charge on any atom is 0.343 e. The number of amides is 1. The van der Waals surface area contributed by atoms with Gasteiger partial charge in [-0.05, 0) is 42.0 Å². The summed E-state index contributed by atoms with van der Waals surface area (Å²) in [7, 11) is 2.92. The second-order valence-corrected chi connectivity index (χ2v) is 5.96. The van der Waals surface area contributed by atoms with E-state index in [-0.39, 0.29) is 12.5 Å². The predicted octanol–water partition coefficient (Wildman–Crippen LogP) is 3.19. The van der Waals surface area contributed by atoms with Gasteiger partial charge in [-0.15, -0.1) is 0 Å². The molecule has 0 saturated carbocycles. The Labute approximate surface area is 162 Å². The molecule has 1 N–H and O–H groups in total. The molecule has 0 radical (unpaired) electrons. The van der Waals surface area contributed by atoms with E-state index in [1.165, 1.54) is 7.11 Å². The van der Waals surface area contributed by atoms with Gasteiger partial charge in [-0.1, -0.05) is 12.1 Å². The second-order valence-electron chi connectivity index (χ2n) is 5.96. The number of carbonyl (C=O) groups excluding carboxylic acids is 2. The summed E-state index contributed by atoms with van der Waals surface area (Å²) in [5.74, 6) is -0.293. The zero-order valence-electron chi connectivity index (χ0n) is 15.6. The molecule has 7 heteroatoms. The maximum atomic E-state index is 12.6. The van der Waals surface area contributed by atoms with Gasteiger partial charge in [0.2, 0.25) is 0 Å². The quantitative estimate of drug-likeness (QED) is 0.634. The summed E-state index contributed by atoms with van der Waals surface area (Å²) in [5.41, 5.74) is 2.66. The van der Waals surface area contributed by atoms with Gasteiger partial charge in [0.15, 0.2) is 6.61 Å². The van der Waals surface area contributed by atoms with Crippen molar-refractivity contribution in [2.45, 2.75) is 6.61 Å². The number of nitrogens with one attached hydrogen (secondary N) is 1. The predicted molar refractivity (Wildman–Crippen MR) is 104 cm³/mol. The summed E-state index contributed by atoms with van der Waals surface area (Å²) in [6, 6.07) is 14.2. The fourth-order valence-electron chi connectivity index (χ4n) is 2.68. The molecule has 0 bridgehead atoms. The first-order chi connectivity index (χ1) is 13.6. The zero-order valence-corrected chi connectivity index (χ0v) is 15.6. The number of benzene rings is 2. The van der Waals surface area contributed by atoms with Crippen molar-refractivity contribution in [3.8, 4) is 5.75 Å². The van der Waals surface area contributed by atoms with E-state index in [9.17, 15) is 9.59 Å². The molecule has 0 atom stereocenters. The summed E-state index contributed by atoms with van der Waals surface area (Å²) >= 11 is 0. The van der Waals surface area contributed by atoms with Gasteiger partial charge in [-0.3, -0.25) is 9.78 Å². The summed E-state index contributed by atoms with van der Waals surface area (Å²) in [4.78, 5) is 28.2. The fourth-order valence-corrected chi connectivity index (χ4v) is 2.68. The molecule has 3 aromatic rings. The molecule has 0 fully saturated rings. The van der Waals surface area contributed by atoms with Crippen molar-refractivity contribution in [1.82, 2.24) is 4.98 Å². The van der Waals surface area contributed by atoms with Gasteiger partial charge in [0.05, 0.1) is 19.4 Å². The van der Waals surface area contributed by atoms with Crippen LogP contribution in [0, 0.1) is 0 Å². The van der Waals surface area contributed by atoms with Crippen LogP contribution in [0.25, 0.3) is 10.9 Å². The summed E-state index contributed by atoms with van der Waals surface area (Å²) in [5, 5.41) is 3.60. The Morgan fingerprint density at radius 3 is 2.54 bits per heavy atom. The molecule has 0 aliphatic carbocycles. The molecule has 1 heterocycles. The standard InChI is InChI=1S/C21H20N2O5/c1-26-12-14-5-7-15(8-6-14)21(25)23-17-9-10-18(28-13-19(24)27-2)20-16(17)4-3-11-22-20/h3-11H,12-13H2,1-2H3,(H,23,25). The van der Waals surface area contributed by atoms with Crippen LogP contribution in [0.5, 0.6) is 5.75 Å². The summed E-state index contributed by atoms with van der Waals surface area (Å²) in [6.07, 6.45) is 1.62. The first-order valence-corrected chi connectivity index (χ1v) is 8.59. The number of esters is 1. The van der Waals surface area contributed by atoms with Crippen molar-refractivity contribution in [3.63, 3.8) is 0 Å². The third-order valence-corrected chi connectivity index (χ3v) is 4.08. The highest BCUT2D eigenvalue weighted by molar-refractivity contribution is 6.09. The average Bonchev–Trinajstić information content (AvgIpc) is 2.73. The molecule has 0 saturated heterocycles. The lowest BCUT2D eigenvalue weighted by Crippen LogP contribution is -2.14. The van der Waals surface area contributed by atoms with Gasteiger partial charge in [-0.25, -0.2) is 4.79 Å². The van der Waals surface area contributed by atoms with Crippen LogP contribution < -0.4 is 10.1 Å². The molecule has 144 valence electrons. The minimum Gasteiger partial charge on any atom is -0.480 e. The van der Waals surface area contributed by atoms with Crippen LogP contribution in [-0.2, 0) is 20.9 Å². The third-order valence-electron chi connectivity index (χ3n) is 4.08. The highest BCUT2D eigenvalue weighted by Crippen LogP contribution is 2.30. The molecule has 7 nitrogen and oxygen atoms in total. The van der Waals surface area contributed by atoms with Crippen molar-refractivity contribution < 1.29 is 23.8 Å². The van der Waals surface area contributed by atoms with E-state index in [0.29, 0.717) is 34.5 Å². The van der Waals surface area contributed by atoms with E-state index in [1.807, 2.05) is 18.2 Å². The number of hydrogen-bond acceptors (Lipinski definition) is 6. The minimum atomic E-state index is -0.488. The van der Waals surface area contributed by atoms with Crippen LogP contribution in [-0.4, -0.2) is 37.7 Å². The van der Waals surface area contributed by atoms with Crippen LogP contribution in [0.1, 0.15) is 15.9 Å². The van der Waals surface area contributed by atoms with Crippen molar-refractivity contribution in [3.05, 3.63) is 65.9 Å². The maximum absolute atomic E-state index is 12.6. The number of methoxy groups -OCH3 is 2. The number of pyridine rings is 1. The van der Waals surface area contributed by atoms with Crippen molar-refractivity contribution in [2.24, 2.45) is 0 Å². The molecular formula is C21H20N2O5. The Balaban J connectivity index is 1.83. The average molecular weight is 380 g/mol. The molecule has 1 aromatic heterocycles. The Bertz CT molecular complexity index is 986. The monoisotopic (exact) mass is 380 g/mol. The lowest BCUT2D eigenvalue weighted by molar-refractivity contribution is -0.142. The lowest BCUT2D eigenvalue weighted by Gasteiger charge is -2.12. The number of fused-ring (bicyclic) bond motifs is 1. The van der Waals surface area contributed by atoms with Crippen LogP contribution in [0.3, 0.4) is 0 Å². The number of nitrogens with zero attached hydrogens (tertiary/aromatic N) is 1. The van der Waals surface area contributed by atoms with Gasteiger partial charge in [0.25, 0.3) is 5.91 Å². The number of carbonyl (C=O) groups is 2. The number of aromatic nitrogens is 1. The topological polar surface area (TPSA) is 86.8 Å². The first kappa shape index (κ1) is 19.3. The van der Waals surface area contributed by atoms with Crippen LogP contribution >= 0.6 is 0 Å². The number of hydrogen-bond donors (Lipinski definition) is 1. The van der Waals surface area contributed by atoms with E-state index in [1.54, 1.807) is 43.6 Å². The van der Waals surface area contributed by atoms with Crippen molar-refractivity contribution in [2.75, 3.05) is 26.1 Å². The van der Waals surface area contributed by atoms with Crippen LogP contribution in [0.15, 0.2) is 54.7 Å². The van der Waals surface area contributed by atoms with Gasteiger partial charge in [0.1, 0.15) is 11.3 Å². The zero-order chi connectivity index (χ0) is 19.9. The normalized spacial score (nSPS) is 10.5. The summed E-state index contributed by atoms with van der Waals surface area (Å²) in [6.45, 7) is 0.271. The first-order valence-electron chi connectivity index (χ1n) is 8.59. The Morgan fingerprint density at radius 1 is 1.04 bits per heavy atom. The second kappa shape index (κ2) is 8.96. The molecule has 0 aliphatic heterocycles. The SMILES string of the molecule is COCc1ccc(C(=O)Nc2ccc(OCC(=O)OC)c3ncccc23)cc1. The highest BCUT2D eigenvalue weighted by Gasteiger charge is 2.13. The Kier molecular flexibility index (Phi) is 6.18. The highest BCUT2D eigenvalue weighted by atomic mass is 16.6. The molecular weight excluding hydrogens is 360 g/mol. The minimum absolute atomic E-state index is 0.221. The molecule has 0 spiro atoms. The number of anilines is 1. The van der Waals surface area contributed by atoms with E-state index in [0.717, 1.165) is 5.56 Å². The van der Waals surface area contributed by atoms with Crippen LogP contribution in [0.2, 0.25) is 0 Å². The molecule has 2 aromatic carbocycles. The van der Waals surface area contributed by atoms with Gasteiger partial charge in [0, 0.05) is 24.3 Å². The number of ether oxygens (including phenoxy) is 3. The Hall–Kier alpha value is -3.45. The molecule has 28 heavy (non-hydrogen) atoms. The smallest absolute Gasteiger partial charge is 0.343 e. The van der Waals surface area contributed by atoms with E-state index >= 15 is 0 Å². The van der Waals surface area contributed by atoms with E-state index in [2.05, 4.69) is 15.0 Å². The van der Waals surface area contributed by atoms with E-state index < -0.39 is 5.97 Å². The molecule has 1 amide bonds. The van der Waals surface area contributed by atoms with Gasteiger partial charge in [-0.2, -0.15) is 0 Å².